The van der Waals surface area contributed by atoms with Crippen LogP contribution >= 0.6 is 15.9 Å². The molecule has 1 saturated carbocycles. The Morgan fingerprint density at radius 1 is 1.15 bits per heavy atom. The quantitative estimate of drug-likeness (QED) is 0.909. The maximum atomic E-state index is 13.9. The summed E-state index contributed by atoms with van der Waals surface area (Å²) in [5, 5.41) is 0. The first-order valence-electron chi connectivity index (χ1n) is 6.61. The molecule has 3 rings (SSSR count). The lowest BCUT2D eigenvalue weighted by atomic mass is 9.99. The number of benzene rings is 2. The van der Waals surface area contributed by atoms with Gasteiger partial charge in [0.25, 0.3) is 0 Å². The van der Waals surface area contributed by atoms with Crippen molar-refractivity contribution in [2.24, 2.45) is 5.73 Å². The highest BCUT2D eigenvalue weighted by Crippen LogP contribution is 2.31. The largest absolute Gasteiger partial charge is 0.490 e. The van der Waals surface area contributed by atoms with Crippen LogP contribution in [0, 0.1) is 5.82 Å². The summed E-state index contributed by atoms with van der Waals surface area (Å²) in [6.07, 6.45) is 2.63. The number of hydrogen-bond acceptors (Lipinski definition) is 2. The van der Waals surface area contributed by atoms with Gasteiger partial charge in [-0.05, 0) is 42.7 Å². The summed E-state index contributed by atoms with van der Waals surface area (Å²) in [5.74, 6) is 0.543. The van der Waals surface area contributed by atoms with Crippen molar-refractivity contribution >= 4 is 15.9 Å². The fraction of sp³-hybridized carbons (Fsp3) is 0.250. The molecule has 1 unspecified atom stereocenters. The molecule has 1 atom stereocenters. The molecule has 104 valence electrons. The molecule has 1 fully saturated rings. The number of halogens is 2. The minimum absolute atomic E-state index is 0.301. The van der Waals surface area contributed by atoms with Gasteiger partial charge in [0.15, 0.2) is 0 Å². The van der Waals surface area contributed by atoms with Gasteiger partial charge in [0.2, 0.25) is 0 Å². The molecule has 0 saturated heterocycles. The highest BCUT2D eigenvalue weighted by molar-refractivity contribution is 9.10. The molecule has 2 N–H and O–H groups in total. The Morgan fingerprint density at radius 3 is 2.45 bits per heavy atom. The van der Waals surface area contributed by atoms with Gasteiger partial charge in [-0.3, -0.25) is 0 Å². The fourth-order valence-electron chi connectivity index (χ4n) is 2.11. The van der Waals surface area contributed by atoms with Crippen molar-refractivity contribution in [1.82, 2.24) is 0 Å². The van der Waals surface area contributed by atoms with E-state index in [1.165, 1.54) is 6.07 Å². The Bertz CT molecular complexity index is 590. The minimum atomic E-state index is -0.499. The highest BCUT2D eigenvalue weighted by Gasteiger charge is 2.23. The average Bonchev–Trinajstić information content (AvgIpc) is 3.23. The van der Waals surface area contributed by atoms with Crippen LogP contribution < -0.4 is 10.5 Å². The van der Waals surface area contributed by atoms with Crippen LogP contribution in [0.15, 0.2) is 46.9 Å². The van der Waals surface area contributed by atoms with Crippen molar-refractivity contribution in [2.75, 3.05) is 0 Å². The summed E-state index contributed by atoms with van der Waals surface area (Å²) in [6, 6.07) is 11.9. The van der Waals surface area contributed by atoms with Gasteiger partial charge < -0.3 is 10.5 Å². The molecule has 0 aliphatic heterocycles. The van der Waals surface area contributed by atoms with E-state index in [1.807, 2.05) is 24.3 Å². The van der Waals surface area contributed by atoms with Gasteiger partial charge in [-0.25, -0.2) is 4.39 Å². The first-order chi connectivity index (χ1) is 9.65. The maximum absolute atomic E-state index is 13.9. The average molecular weight is 336 g/mol. The predicted octanol–water partition coefficient (Wildman–Crippen LogP) is 4.18. The van der Waals surface area contributed by atoms with Gasteiger partial charge in [-0.1, -0.05) is 34.1 Å². The van der Waals surface area contributed by atoms with Crippen molar-refractivity contribution in [1.29, 1.82) is 0 Å². The van der Waals surface area contributed by atoms with E-state index in [-0.39, 0.29) is 5.82 Å². The Kier molecular flexibility index (Phi) is 3.76. The van der Waals surface area contributed by atoms with E-state index in [4.69, 9.17) is 10.5 Å². The van der Waals surface area contributed by atoms with Gasteiger partial charge in [0.1, 0.15) is 11.6 Å². The Balaban J connectivity index is 1.84. The number of ether oxygens (including phenoxy) is 1. The molecule has 0 bridgehead atoms. The minimum Gasteiger partial charge on any atom is -0.490 e. The summed E-state index contributed by atoms with van der Waals surface area (Å²) in [5.41, 5.74) is 7.51. The maximum Gasteiger partial charge on any atom is 0.129 e. The molecular formula is C16H15BrFNO. The van der Waals surface area contributed by atoms with Crippen LogP contribution in [0.5, 0.6) is 5.75 Å². The summed E-state index contributed by atoms with van der Waals surface area (Å²) >= 11 is 3.36. The third-order valence-electron chi connectivity index (χ3n) is 3.38. The molecule has 0 heterocycles. The van der Waals surface area contributed by atoms with Crippen LogP contribution in [0.2, 0.25) is 0 Å². The Labute approximate surface area is 125 Å². The van der Waals surface area contributed by atoms with E-state index < -0.39 is 6.04 Å². The van der Waals surface area contributed by atoms with Crippen LogP contribution in [0.3, 0.4) is 0 Å². The molecule has 0 aromatic heterocycles. The lowest BCUT2D eigenvalue weighted by Gasteiger charge is -2.16. The summed E-state index contributed by atoms with van der Waals surface area (Å²) in [6.45, 7) is 0. The van der Waals surface area contributed by atoms with E-state index in [1.54, 1.807) is 12.1 Å². The Morgan fingerprint density at radius 2 is 1.85 bits per heavy atom. The first kappa shape index (κ1) is 13.6. The van der Waals surface area contributed by atoms with E-state index in [0.29, 0.717) is 16.1 Å². The van der Waals surface area contributed by atoms with Crippen molar-refractivity contribution in [2.45, 2.75) is 25.0 Å². The van der Waals surface area contributed by atoms with E-state index in [2.05, 4.69) is 15.9 Å². The zero-order valence-corrected chi connectivity index (χ0v) is 12.4. The topological polar surface area (TPSA) is 35.2 Å². The monoisotopic (exact) mass is 335 g/mol. The van der Waals surface area contributed by atoms with Crippen LogP contribution in [0.1, 0.15) is 30.0 Å². The van der Waals surface area contributed by atoms with Gasteiger partial charge in [-0.2, -0.15) is 0 Å². The molecule has 1 aliphatic rings. The van der Waals surface area contributed by atoms with Crippen LogP contribution in [-0.4, -0.2) is 6.10 Å². The molecule has 2 aromatic rings. The molecule has 0 amide bonds. The second kappa shape index (κ2) is 5.54. The standard InChI is InChI=1S/C16H15BrFNO/c17-13-2-1-3-14(18)15(13)16(19)10-4-6-11(7-5-10)20-12-8-9-12/h1-7,12,16H,8-9,19H2. The first-order valence-corrected chi connectivity index (χ1v) is 7.40. The third kappa shape index (κ3) is 2.86. The molecule has 20 heavy (non-hydrogen) atoms. The van der Waals surface area contributed by atoms with Crippen LogP contribution in [0.4, 0.5) is 4.39 Å². The number of nitrogens with two attached hydrogens (primary N) is 1. The van der Waals surface area contributed by atoms with Crippen molar-refractivity contribution in [3.05, 3.63) is 63.9 Å². The van der Waals surface area contributed by atoms with E-state index >= 15 is 0 Å². The van der Waals surface area contributed by atoms with E-state index in [0.717, 1.165) is 24.2 Å². The van der Waals surface area contributed by atoms with Gasteiger partial charge in [0, 0.05) is 10.0 Å². The molecule has 1 aliphatic carbocycles. The zero-order chi connectivity index (χ0) is 14.1. The Hall–Kier alpha value is -1.39. The second-order valence-electron chi connectivity index (χ2n) is 5.00. The molecule has 4 heteroatoms. The molecule has 2 nitrogen and oxygen atoms in total. The van der Waals surface area contributed by atoms with Gasteiger partial charge in [-0.15, -0.1) is 0 Å². The van der Waals surface area contributed by atoms with Crippen LogP contribution in [0.25, 0.3) is 0 Å². The van der Waals surface area contributed by atoms with E-state index in [9.17, 15) is 4.39 Å². The smallest absolute Gasteiger partial charge is 0.129 e. The zero-order valence-electron chi connectivity index (χ0n) is 10.9. The third-order valence-corrected chi connectivity index (χ3v) is 4.07. The summed E-state index contributed by atoms with van der Waals surface area (Å²) < 4.78 is 20.3. The summed E-state index contributed by atoms with van der Waals surface area (Å²) in [4.78, 5) is 0. The molecule has 0 spiro atoms. The predicted molar refractivity (Wildman–Crippen MR) is 80.2 cm³/mol. The molecule has 2 aromatic carbocycles. The molecule has 0 radical (unpaired) electrons. The summed E-state index contributed by atoms with van der Waals surface area (Å²) in [7, 11) is 0. The normalized spacial score (nSPS) is 15.9. The lowest BCUT2D eigenvalue weighted by molar-refractivity contribution is 0.303. The van der Waals surface area contributed by atoms with Gasteiger partial charge in [0.05, 0.1) is 12.1 Å². The number of hydrogen-bond donors (Lipinski definition) is 1. The van der Waals surface area contributed by atoms with Crippen molar-refractivity contribution in [3.63, 3.8) is 0 Å². The van der Waals surface area contributed by atoms with Crippen LogP contribution in [-0.2, 0) is 0 Å². The highest BCUT2D eigenvalue weighted by atomic mass is 79.9. The van der Waals surface area contributed by atoms with Crippen molar-refractivity contribution < 1.29 is 9.13 Å². The lowest BCUT2D eigenvalue weighted by Crippen LogP contribution is -2.14. The fourth-order valence-corrected chi connectivity index (χ4v) is 2.70. The van der Waals surface area contributed by atoms with Gasteiger partial charge >= 0.3 is 0 Å². The van der Waals surface area contributed by atoms with Crippen molar-refractivity contribution in [3.8, 4) is 5.75 Å². The SMILES string of the molecule is NC(c1ccc(OC2CC2)cc1)c1c(F)cccc1Br. The second-order valence-corrected chi connectivity index (χ2v) is 5.85. The molecular weight excluding hydrogens is 321 g/mol. The number of rotatable bonds is 4.